The van der Waals surface area contributed by atoms with E-state index in [1.807, 2.05) is 0 Å². The normalized spacial score (nSPS) is 11.8. The van der Waals surface area contributed by atoms with E-state index in [9.17, 15) is 28.1 Å². The zero-order chi connectivity index (χ0) is 20.9. The van der Waals surface area contributed by atoms with E-state index in [1.54, 1.807) is 0 Å². The lowest BCUT2D eigenvalue weighted by Gasteiger charge is -2.09. The van der Waals surface area contributed by atoms with Gasteiger partial charge in [-0.05, 0) is 24.3 Å². The van der Waals surface area contributed by atoms with Crippen LogP contribution in [0.3, 0.4) is 0 Å². The third-order valence-electron chi connectivity index (χ3n) is 4.50. The van der Waals surface area contributed by atoms with Crippen LogP contribution < -0.4 is 5.73 Å². The number of pyridine rings is 1. The summed E-state index contributed by atoms with van der Waals surface area (Å²) in [7, 11) is 0. The summed E-state index contributed by atoms with van der Waals surface area (Å²) in [5.74, 6) is -0.813. The van der Waals surface area contributed by atoms with Gasteiger partial charge in [0.25, 0.3) is 11.6 Å². The van der Waals surface area contributed by atoms with Crippen LogP contribution in [-0.4, -0.2) is 20.8 Å². The number of hydrogen-bond donors (Lipinski definition) is 2. The molecular weight excluding hydrogens is 389 g/mol. The van der Waals surface area contributed by atoms with E-state index >= 15 is 0 Å². The Morgan fingerprint density at radius 1 is 1.14 bits per heavy atom. The molecule has 2 heterocycles. The smallest absolute Gasteiger partial charge is 0.366 e. The number of nitrogens with one attached hydrogen (secondary N) is 1. The predicted molar refractivity (Wildman–Crippen MR) is 99.2 cm³/mol. The number of rotatable bonds is 3. The molecule has 29 heavy (non-hydrogen) atoms. The fraction of sp³-hybridized carbons (Fsp3) is 0.0526. The number of amides is 1. The van der Waals surface area contributed by atoms with Gasteiger partial charge in [-0.2, -0.15) is 13.2 Å². The summed E-state index contributed by atoms with van der Waals surface area (Å²) in [5.41, 5.74) is 5.60. The van der Waals surface area contributed by atoms with Crippen LogP contribution in [0.5, 0.6) is 0 Å². The molecule has 0 bridgehead atoms. The van der Waals surface area contributed by atoms with Crippen molar-refractivity contribution < 1.29 is 22.9 Å². The second-order valence-corrected chi connectivity index (χ2v) is 6.33. The maximum absolute atomic E-state index is 13.1. The third-order valence-corrected chi connectivity index (χ3v) is 4.50. The lowest BCUT2D eigenvalue weighted by atomic mass is 10.0. The van der Waals surface area contributed by atoms with Gasteiger partial charge in [0.15, 0.2) is 0 Å². The first kappa shape index (κ1) is 18.4. The molecule has 2 aromatic heterocycles. The van der Waals surface area contributed by atoms with Crippen LogP contribution >= 0.6 is 0 Å². The third kappa shape index (κ3) is 3.14. The van der Waals surface area contributed by atoms with E-state index in [4.69, 9.17) is 5.73 Å². The number of benzene rings is 2. The average molecular weight is 400 g/mol. The molecule has 0 fully saturated rings. The molecule has 2 aromatic carbocycles. The monoisotopic (exact) mass is 400 g/mol. The molecule has 0 radical (unpaired) electrons. The molecule has 0 saturated carbocycles. The van der Waals surface area contributed by atoms with Crippen LogP contribution in [0.2, 0.25) is 0 Å². The van der Waals surface area contributed by atoms with Crippen molar-refractivity contribution in [2.24, 2.45) is 5.73 Å². The summed E-state index contributed by atoms with van der Waals surface area (Å²) < 4.78 is 39.2. The van der Waals surface area contributed by atoms with E-state index in [0.717, 1.165) is 12.1 Å². The fourth-order valence-electron chi connectivity index (χ4n) is 3.15. The van der Waals surface area contributed by atoms with Gasteiger partial charge >= 0.3 is 6.18 Å². The van der Waals surface area contributed by atoms with Gasteiger partial charge in [0.2, 0.25) is 0 Å². The van der Waals surface area contributed by atoms with E-state index in [-0.39, 0.29) is 33.5 Å². The molecule has 0 unspecified atom stereocenters. The summed E-state index contributed by atoms with van der Waals surface area (Å²) in [6.07, 6.45) is -4.54. The number of non-ortho nitro benzene ring substituents is 1. The van der Waals surface area contributed by atoms with Crippen molar-refractivity contribution in [3.05, 3.63) is 69.8 Å². The molecule has 1 amide bonds. The Bertz CT molecular complexity index is 1310. The van der Waals surface area contributed by atoms with Crippen LogP contribution in [0.25, 0.3) is 33.2 Å². The number of fused-ring (bicyclic) bond motifs is 3. The van der Waals surface area contributed by atoms with Crippen LogP contribution in [0.15, 0.2) is 48.5 Å². The Kier molecular flexibility index (Phi) is 4.00. The topological polar surface area (TPSA) is 115 Å². The lowest BCUT2D eigenvalue weighted by molar-refractivity contribution is -0.384. The largest absolute Gasteiger partial charge is 0.416 e. The molecule has 0 spiro atoms. The van der Waals surface area contributed by atoms with E-state index in [0.29, 0.717) is 10.9 Å². The van der Waals surface area contributed by atoms with Crippen molar-refractivity contribution in [1.29, 1.82) is 0 Å². The first-order valence-corrected chi connectivity index (χ1v) is 8.23. The quantitative estimate of drug-likeness (QED) is 0.391. The van der Waals surface area contributed by atoms with Crippen molar-refractivity contribution in [3.8, 4) is 11.3 Å². The molecule has 0 aliphatic carbocycles. The number of nitro groups is 1. The number of nitro benzene ring substituents is 1. The Balaban J connectivity index is 2.00. The standard InChI is InChI=1S/C19H11F3N4O3/c20-19(21,22)10-3-1-2-9(6-10)14-8-13(18(23)27)17-16(24-14)12-5-4-11(26(28)29)7-15(12)25-17/h1-8,25H,(H2,23,27). The lowest BCUT2D eigenvalue weighted by Crippen LogP contribution is -2.12. The highest BCUT2D eigenvalue weighted by molar-refractivity contribution is 6.14. The minimum absolute atomic E-state index is 0.0151. The van der Waals surface area contributed by atoms with Crippen LogP contribution in [0.1, 0.15) is 15.9 Å². The molecule has 10 heteroatoms. The SMILES string of the molecule is NC(=O)c1cc(-c2cccc(C(F)(F)F)c2)nc2c1[nH]c1cc([N+](=O)[O-])ccc12. The highest BCUT2D eigenvalue weighted by Crippen LogP contribution is 2.34. The number of nitrogens with zero attached hydrogens (tertiary/aromatic N) is 2. The van der Waals surface area contributed by atoms with E-state index < -0.39 is 22.6 Å². The van der Waals surface area contributed by atoms with Gasteiger partial charge in [0.1, 0.15) is 0 Å². The number of halogens is 3. The number of carbonyl (C=O) groups is 1. The second kappa shape index (κ2) is 6.30. The Labute approximate surface area is 160 Å². The summed E-state index contributed by atoms with van der Waals surface area (Å²) >= 11 is 0. The van der Waals surface area contributed by atoms with Crippen LogP contribution in [0, 0.1) is 10.1 Å². The van der Waals surface area contributed by atoms with Crippen molar-refractivity contribution in [2.75, 3.05) is 0 Å². The molecule has 0 saturated heterocycles. The maximum atomic E-state index is 13.1. The number of aromatic amines is 1. The van der Waals surface area contributed by atoms with Gasteiger partial charge in [-0.25, -0.2) is 4.98 Å². The number of carbonyl (C=O) groups excluding carboxylic acids is 1. The highest BCUT2D eigenvalue weighted by atomic mass is 19.4. The van der Waals surface area contributed by atoms with Crippen molar-refractivity contribution in [1.82, 2.24) is 9.97 Å². The Morgan fingerprint density at radius 2 is 1.90 bits per heavy atom. The zero-order valence-electron chi connectivity index (χ0n) is 14.4. The second-order valence-electron chi connectivity index (χ2n) is 6.33. The minimum atomic E-state index is -4.54. The van der Waals surface area contributed by atoms with Gasteiger partial charge in [-0.3, -0.25) is 14.9 Å². The van der Waals surface area contributed by atoms with Gasteiger partial charge in [-0.1, -0.05) is 12.1 Å². The molecule has 3 N–H and O–H groups in total. The average Bonchev–Trinajstić information content (AvgIpc) is 3.04. The van der Waals surface area contributed by atoms with Crippen molar-refractivity contribution in [3.63, 3.8) is 0 Å². The Hall–Kier alpha value is -3.95. The number of primary amides is 1. The minimum Gasteiger partial charge on any atom is -0.366 e. The van der Waals surface area contributed by atoms with Gasteiger partial charge in [0.05, 0.1) is 38.3 Å². The van der Waals surface area contributed by atoms with Gasteiger partial charge in [-0.15, -0.1) is 0 Å². The number of aromatic nitrogens is 2. The highest BCUT2D eigenvalue weighted by Gasteiger charge is 2.30. The summed E-state index contributed by atoms with van der Waals surface area (Å²) in [4.78, 5) is 29.7. The number of H-pyrrole nitrogens is 1. The summed E-state index contributed by atoms with van der Waals surface area (Å²) in [6, 6.07) is 9.86. The number of alkyl halides is 3. The Morgan fingerprint density at radius 3 is 2.55 bits per heavy atom. The molecule has 0 atom stereocenters. The van der Waals surface area contributed by atoms with Crippen molar-refractivity contribution >= 4 is 33.5 Å². The van der Waals surface area contributed by atoms with Crippen molar-refractivity contribution in [2.45, 2.75) is 6.18 Å². The molecule has 4 rings (SSSR count). The van der Waals surface area contributed by atoms with E-state index in [2.05, 4.69) is 9.97 Å². The van der Waals surface area contributed by atoms with Crippen LogP contribution in [0.4, 0.5) is 18.9 Å². The molecule has 0 aliphatic rings. The molecular formula is C19H11F3N4O3. The van der Waals surface area contributed by atoms with Gasteiger partial charge < -0.3 is 10.7 Å². The molecule has 4 aromatic rings. The molecule has 0 aliphatic heterocycles. The summed E-state index contributed by atoms with van der Waals surface area (Å²) in [5, 5.41) is 11.5. The predicted octanol–water partition coefficient (Wildman–Crippen LogP) is 4.41. The van der Waals surface area contributed by atoms with Gasteiger partial charge in [0, 0.05) is 23.1 Å². The molecule has 7 nitrogen and oxygen atoms in total. The first-order chi connectivity index (χ1) is 13.6. The zero-order valence-corrected chi connectivity index (χ0v) is 14.4. The van der Waals surface area contributed by atoms with E-state index in [1.165, 1.54) is 36.4 Å². The fourth-order valence-corrected chi connectivity index (χ4v) is 3.15. The summed E-state index contributed by atoms with van der Waals surface area (Å²) in [6.45, 7) is 0. The molecule has 146 valence electrons. The first-order valence-electron chi connectivity index (χ1n) is 8.23. The number of nitrogens with two attached hydrogens (primary N) is 1. The maximum Gasteiger partial charge on any atom is 0.416 e. The number of hydrogen-bond acceptors (Lipinski definition) is 4. The van der Waals surface area contributed by atoms with Crippen LogP contribution in [-0.2, 0) is 6.18 Å².